The third kappa shape index (κ3) is 5.00. The molecule has 5 nitrogen and oxygen atoms in total. The first-order valence-corrected chi connectivity index (χ1v) is 9.30. The minimum absolute atomic E-state index is 0.0853. The highest BCUT2D eigenvalue weighted by atomic mass is 19.4. The summed E-state index contributed by atoms with van der Waals surface area (Å²) in [6.45, 7) is 2.17. The van der Waals surface area contributed by atoms with Gasteiger partial charge in [-0.05, 0) is 56.5 Å². The van der Waals surface area contributed by atoms with Gasteiger partial charge in [0.25, 0.3) is 0 Å². The Labute approximate surface area is 156 Å². The summed E-state index contributed by atoms with van der Waals surface area (Å²) >= 11 is 0. The van der Waals surface area contributed by atoms with Crippen LogP contribution in [-0.4, -0.2) is 42.4 Å². The summed E-state index contributed by atoms with van der Waals surface area (Å²) in [5.74, 6) is -0.408. The van der Waals surface area contributed by atoms with Crippen LogP contribution in [0, 0.1) is 5.92 Å². The zero-order valence-corrected chi connectivity index (χ0v) is 15.0. The van der Waals surface area contributed by atoms with Gasteiger partial charge in [0, 0.05) is 19.0 Å². The molecule has 0 saturated carbocycles. The molecule has 1 atom stereocenters. The molecule has 8 heteroatoms. The highest BCUT2D eigenvalue weighted by Gasteiger charge is 2.33. The number of carbonyl (C=O) groups excluding carboxylic acids is 2. The molecule has 0 spiro atoms. The molecule has 0 aliphatic carbocycles. The van der Waals surface area contributed by atoms with E-state index in [1.807, 2.05) is 0 Å². The lowest BCUT2D eigenvalue weighted by Gasteiger charge is -2.34. The Hall–Kier alpha value is -2.09. The van der Waals surface area contributed by atoms with Crippen molar-refractivity contribution in [1.82, 2.24) is 15.5 Å². The molecule has 3 rings (SSSR count). The summed E-state index contributed by atoms with van der Waals surface area (Å²) in [5, 5.41) is 6.05. The van der Waals surface area contributed by atoms with Crippen molar-refractivity contribution in [2.45, 2.75) is 44.4 Å². The zero-order valence-electron chi connectivity index (χ0n) is 15.0. The molecule has 2 aliphatic heterocycles. The average molecular weight is 383 g/mol. The van der Waals surface area contributed by atoms with Crippen LogP contribution < -0.4 is 10.6 Å². The average Bonchev–Trinajstić information content (AvgIpc) is 2.65. The van der Waals surface area contributed by atoms with E-state index in [2.05, 4.69) is 10.6 Å². The predicted molar refractivity (Wildman–Crippen MR) is 93.6 cm³/mol. The fourth-order valence-electron chi connectivity index (χ4n) is 3.67. The van der Waals surface area contributed by atoms with Crippen LogP contribution in [-0.2, 0) is 22.3 Å². The fourth-order valence-corrected chi connectivity index (χ4v) is 3.67. The summed E-state index contributed by atoms with van der Waals surface area (Å²) in [6.07, 6.45) is -1.63. The highest BCUT2D eigenvalue weighted by Crippen LogP contribution is 2.30. The SMILES string of the molecule is O=C(NC1CCCN(Cc2cccc(C(F)(F)F)c2)C1=O)C1CCNCC1. The Bertz CT molecular complexity index is 687. The topological polar surface area (TPSA) is 61.4 Å². The van der Waals surface area contributed by atoms with Crippen molar-refractivity contribution < 1.29 is 22.8 Å². The van der Waals surface area contributed by atoms with Gasteiger partial charge < -0.3 is 15.5 Å². The number of nitrogens with one attached hydrogen (secondary N) is 2. The minimum Gasteiger partial charge on any atom is -0.344 e. The molecule has 2 aliphatic rings. The number of nitrogens with zero attached hydrogens (tertiary/aromatic N) is 1. The summed E-state index contributed by atoms with van der Waals surface area (Å²) in [5.41, 5.74) is -0.288. The largest absolute Gasteiger partial charge is 0.416 e. The van der Waals surface area contributed by atoms with Crippen molar-refractivity contribution in [2.75, 3.05) is 19.6 Å². The lowest BCUT2D eigenvalue weighted by Crippen LogP contribution is -2.53. The van der Waals surface area contributed by atoms with Gasteiger partial charge in [-0.25, -0.2) is 0 Å². The molecule has 0 bridgehead atoms. The standard InChI is InChI=1S/C19H24F3N3O2/c20-19(21,22)15-4-1-3-13(11-15)12-25-10-2-5-16(18(25)27)24-17(26)14-6-8-23-9-7-14/h1,3-4,11,14,16,23H,2,5-10,12H2,(H,24,26). The normalized spacial score (nSPS) is 22.0. The highest BCUT2D eigenvalue weighted by molar-refractivity contribution is 5.89. The summed E-state index contributed by atoms with van der Waals surface area (Å²) in [4.78, 5) is 26.6. The van der Waals surface area contributed by atoms with Gasteiger partial charge in [-0.3, -0.25) is 9.59 Å². The van der Waals surface area contributed by atoms with Gasteiger partial charge in [-0.15, -0.1) is 0 Å². The first-order valence-electron chi connectivity index (χ1n) is 9.30. The third-order valence-corrected chi connectivity index (χ3v) is 5.18. The second-order valence-corrected chi connectivity index (χ2v) is 7.19. The van der Waals surface area contributed by atoms with Crippen LogP contribution in [0.5, 0.6) is 0 Å². The summed E-state index contributed by atoms with van der Waals surface area (Å²) in [6, 6.07) is 4.43. The molecular formula is C19H24F3N3O2. The Kier molecular flexibility index (Phi) is 6.04. The molecule has 148 valence electrons. The molecule has 2 amide bonds. The number of rotatable bonds is 4. The number of halogens is 3. The minimum atomic E-state index is -4.41. The molecule has 2 fully saturated rings. The van der Waals surface area contributed by atoms with Crippen LogP contribution in [0.3, 0.4) is 0 Å². The molecule has 0 aromatic heterocycles. The maximum atomic E-state index is 12.9. The fraction of sp³-hybridized carbons (Fsp3) is 0.579. The van der Waals surface area contributed by atoms with Crippen LogP contribution in [0.25, 0.3) is 0 Å². The first-order chi connectivity index (χ1) is 12.8. The molecular weight excluding hydrogens is 359 g/mol. The van der Waals surface area contributed by atoms with Crippen molar-refractivity contribution >= 4 is 11.8 Å². The van der Waals surface area contributed by atoms with Crippen molar-refractivity contribution in [3.05, 3.63) is 35.4 Å². The van der Waals surface area contributed by atoms with Gasteiger partial charge in [0.2, 0.25) is 11.8 Å². The Morgan fingerprint density at radius 1 is 1.22 bits per heavy atom. The lowest BCUT2D eigenvalue weighted by molar-refractivity contribution is -0.140. The van der Waals surface area contributed by atoms with Crippen molar-refractivity contribution in [1.29, 1.82) is 0 Å². The molecule has 27 heavy (non-hydrogen) atoms. The van der Waals surface area contributed by atoms with E-state index in [0.717, 1.165) is 38.1 Å². The van der Waals surface area contributed by atoms with Crippen molar-refractivity contribution in [2.24, 2.45) is 5.92 Å². The number of benzene rings is 1. The number of hydrogen-bond acceptors (Lipinski definition) is 3. The van der Waals surface area contributed by atoms with E-state index in [1.165, 1.54) is 11.0 Å². The molecule has 2 N–H and O–H groups in total. The van der Waals surface area contributed by atoms with Crippen LogP contribution >= 0.6 is 0 Å². The Morgan fingerprint density at radius 2 is 1.96 bits per heavy atom. The van der Waals surface area contributed by atoms with E-state index in [1.54, 1.807) is 6.07 Å². The van der Waals surface area contributed by atoms with Gasteiger partial charge in [0.1, 0.15) is 6.04 Å². The number of amides is 2. The molecule has 2 saturated heterocycles. The Morgan fingerprint density at radius 3 is 2.67 bits per heavy atom. The molecule has 1 aromatic rings. The predicted octanol–water partition coefficient (Wildman–Crippen LogP) is 2.31. The van der Waals surface area contributed by atoms with Crippen LogP contribution in [0.4, 0.5) is 13.2 Å². The smallest absolute Gasteiger partial charge is 0.344 e. The third-order valence-electron chi connectivity index (χ3n) is 5.18. The maximum absolute atomic E-state index is 12.9. The molecule has 1 aromatic carbocycles. The van der Waals surface area contributed by atoms with E-state index in [-0.39, 0.29) is 24.3 Å². The maximum Gasteiger partial charge on any atom is 0.416 e. The second kappa shape index (κ2) is 8.29. The van der Waals surface area contributed by atoms with E-state index in [9.17, 15) is 22.8 Å². The number of alkyl halides is 3. The second-order valence-electron chi connectivity index (χ2n) is 7.19. The van der Waals surface area contributed by atoms with E-state index in [4.69, 9.17) is 0 Å². The quantitative estimate of drug-likeness (QED) is 0.839. The van der Waals surface area contributed by atoms with E-state index >= 15 is 0 Å². The van der Waals surface area contributed by atoms with E-state index in [0.29, 0.717) is 24.9 Å². The first kappa shape index (κ1) is 19.7. The molecule has 2 heterocycles. The van der Waals surface area contributed by atoms with Gasteiger partial charge in [0.15, 0.2) is 0 Å². The van der Waals surface area contributed by atoms with Gasteiger partial charge in [-0.1, -0.05) is 12.1 Å². The number of hydrogen-bond donors (Lipinski definition) is 2. The van der Waals surface area contributed by atoms with Crippen LogP contribution in [0.2, 0.25) is 0 Å². The van der Waals surface area contributed by atoms with E-state index < -0.39 is 17.8 Å². The summed E-state index contributed by atoms with van der Waals surface area (Å²) in [7, 11) is 0. The number of piperidine rings is 2. The van der Waals surface area contributed by atoms with Crippen molar-refractivity contribution in [3.8, 4) is 0 Å². The van der Waals surface area contributed by atoms with Gasteiger partial charge >= 0.3 is 6.18 Å². The van der Waals surface area contributed by atoms with Crippen LogP contribution in [0.1, 0.15) is 36.8 Å². The molecule has 0 radical (unpaired) electrons. The zero-order chi connectivity index (χ0) is 19.4. The van der Waals surface area contributed by atoms with Gasteiger partial charge in [-0.2, -0.15) is 13.2 Å². The lowest BCUT2D eigenvalue weighted by atomic mass is 9.95. The number of carbonyl (C=O) groups is 2. The van der Waals surface area contributed by atoms with Crippen molar-refractivity contribution in [3.63, 3.8) is 0 Å². The van der Waals surface area contributed by atoms with Crippen LogP contribution in [0.15, 0.2) is 24.3 Å². The Balaban J connectivity index is 1.62. The van der Waals surface area contributed by atoms with Gasteiger partial charge in [0.05, 0.1) is 5.56 Å². The monoisotopic (exact) mass is 383 g/mol. The number of likely N-dealkylation sites (tertiary alicyclic amines) is 1. The summed E-state index contributed by atoms with van der Waals surface area (Å²) < 4.78 is 38.6. The molecule has 1 unspecified atom stereocenters.